The summed E-state index contributed by atoms with van der Waals surface area (Å²) >= 11 is 0. The van der Waals surface area contributed by atoms with Crippen LogP contribution in [-0.4, -0.2) is 19.6 Å². The van der Waals surface area contributed by atoms with Crippen LogP contribution in [0, 0.1) is 5.92 Å². The van der Waals surface area contributed by atoms with Gasteiger partial charge in [0, 0.05) is 12.5 Å². The first-order valence-corrected chi connectivity index (χ1v) is 7.82. The molecule has 1 amide bonds. The fraction of sp³-hybridized carbons (Fsp3) is 0.588. The maximum absolute atomic E-state index is 12.1. The Bertz CT molecular complexity index is 467. The van der Waals surface area contributed by atoms with Crippen LogP contribution in [0.4, 0.5) is 0 Å². The summed E-state index contributed by atoms with van der Waals surface area (Å²) in [5, 5.41) is 3.04. The van der Waals surface area contributed by atoms with Gasteiger partial charge in [0.15, 0.2) is 11.5 Å². The highest BCUT2D eigenvalue weighted by atomic mass is 16.5. The largest absolute Gasteiger partial charge is 0.493 e. The Labute approximate surface area is 126 Å². The van der Waals surface area contributed by atoms with Gasteiger partial charge in [-0.25, -0.2) is 0 Å². The quantitative estimate of drug-likeness (QED) is 0.875. The number of benzene rings is 1. The second kappa shape index (κ2) is 7.91. The Morgan fingerprint density at radius 3 is 2.67 bits per heavy atom. The molecule has 0 aromatic heterocycles. The molecule has 0 bridgehead atoms. The van der Waals surface area contributed by atoms with E-state index in [1.54, 1.807) is 7.11 Å². The number of carbonyl (C=O) groups is 1. The van der Waals surface area contributed by atoms with Gasteiger partial charge in [0.2, 0.25) is 5.91 Å². The Balaban J connectivity index is 1.92. The zero-order chi connectivity index (χ0) is 15.1. The van der Waals surface area contributed by atoms with Gasteiger partial charge in [-0.2, -0.15) is 0 Å². The van der Waals surface area contributed by atoms with Crippen molar-refractivity contribution in [2.24, 2.45) is 5.92 Å². The summed E-state index contributed by atoms with van der Waals surface area (Å²) in [7, 11) is 1.63. The van der Waals surface area contributed by atoms with Crippen LogP contribution in [0.2, 0.25) is 0 Å². The van der Waals surface area contributed by atoms with Crippen LogP contribution < -0.4 is 14.8 Å². The van der Waals surface area contributed by atoms with Gasteiger partial charge in [0.05, 0.1) is 13.7 Å². The minimum Gasteiger partial charge on any atom is -0.493 e. The minimum atomic E-state index is 0.184. The third-order valence-electron chi connectivity index (χ3n) is 3.97. The van der Waals surface area contributed by atoms with Crippen LogP contribution in [0.5, 0.6) is 11.5 Å². The molecule has 1 N–H and O–H groups in total. The molecule has 116 valence electrons. The molecule has 0 saturated heterocycles. The fourth-order valence-corrected chi connectivity index (χ4v) is 2.80. The molecule has 2 rings (SSSR count). The monoisotopic (exact) mass is 291 g/mol. The highest BCUT2D eigenvalue weighted by Gasteiger charge is 2.20. The van der Waals surface area contributed by atoms with Gasteiger partial charge in [-0.05, 0) is 37.5 Å². The number of nitrogens with one attached hydrogen (secondary N) is 1. The Hall–Kier alpha value is -1.71. The summed E-state index contributed by atoms with van der Waals surface area (Å²) in [4.78, 5) is 12.1. The van der Waals surface area contributed by atoms with Gasteiger partial charge >= 0.3 is 0 Å². The van der Waals surface area contributed by atoms with Crippen molar-refractivity contribution < 1.29 is 14.3 Å². The summed E-state index contributed by atoms with van der Waals surface area (Å²) < 4.78 is 10.8. The normalized spacial score (nSPS) is 15.5. The average molecular weight is 291 g/mol. The third-order valence-corrected chi connectivity index (χ3v) is 3.97. The number of hydrogen-bond acceptors (Lipinski definition) is 3. The van der Waals surface area contributed by atoms with Gasteiger partial charge in [0.25, 0.3) is 0 Å². The van der Waals surface area contributed by atoms with Crippen molar-refractivity contribution in [3.05, 3.63) is 23.8 Å². The zero-order valence-electron chi connectivity index (χ0n) is 13.0. The molecule has 4 heteroatoms. The van der Waals surface area contributed by atoms with E-state index in [4.69, 9.17) is 9.47 Å². The van der Waals surface area contributed by atoms with Gasteiger partial charge < -0.3 is 14.8 Å². The maximum Gasteiger partial charge on any atom is 0.223 e. The van der Waals surface area contributed by atoms with Crippen molar-refractivity contribution in [2.45, 2.75) is 45.6 Å². The first-order chi connectivity index (χ1) is 10.2. The molecule has 4 nitrogen and oxygen atoms in total. The van der Waals surface area contributed by atoms with Gasteiger partial charge in [0.1, 0.15) is 0 Å². The molecule has 21 heavy (non-hydrogen) atoms. The van der Waals surface area contributed by atoms with Gasteiger partial charge in [-0.3, -0.25) is 4.79 Å². The second-order valence-corrected chi connectivity index (χ2v) is 5.47. The van der Waals surface area contributed by atoms with Gasteiger partial charge in [-0.15, -0.1) is 0 Å². The van der Waals surface area contributed by atoms with E-state index in [0.717, 1.165) is 29.9 Å². The standard InChI is InChI=1S/C17H25NO3/c1-3-21-16-11-13(9-10-15(16)20-2)12-18-17(19)14-7-5-4-6-8-14/h9-11,14H,3-8,12H2,1-2H3,(H,18,19). The number of methoxy groups -OCH3 is 1. The number of ether oxygens (including phenoxy) is 2. The smallest absolute Gasteiger partial charge is 0.223 e. The van der Waals surface area contributed by atoms with E-state index in [2.05, 4.69) is 5.32 Å². The van der Waals surface area contributed by atoms with Gasteiger partial charge in [-0.1, -0.05) is 25.3 Å². The topological polar surface area (TPSA) is 47.6 Å². The number of hydrogen-bond donors (Lipinski definition) is 1. The summed E-state index contributed by atoms with van der Waals surface area (Å²) in [5.74, 6) is 1.83. The Kier molecular flexibility index (Phi) is 5.90. The van der Waals surface area contributed by atoms with E-state index in [0.29, 0.717) is 13.2 Å². The number of amides is 1. The van der Waals surface area contributed by atoms with Crippen LogP contribution in [0.1, 0.15) is 44.6 Å². The van der Waals surface area contributed by atoms with E-state index in [9.17, 15) is 4.79 Å². The Morgan fingerprint density at radius 1 is 1.24 bits per heavy atom. The lowest BCUT2D eigenvalue weighted by Crippen LogP contribution is -2.31. The molecule has 0 unspecified atom stereocenters. The van der Waals surface area contributed by atoms with Crippen molar-refractivity contribution in [1.29, 1.82) is 0 Å². The highest BCUT2D eigenvalue weighted by molar-refractivity contribution is 5.78. The molecule has 0 atom stereocenters. The van der Waals surface area contributed by atoms with Crippen molar-refractivity contribution in [1.82, 2.24) is 5.32 Å². The summed E-state index contributed by atoms with van der Waals surface area (Å²) in [6.45, 7) is 3.07. The highest BCUT2D eigenvalue weighted by Crippen LogP contribution is 2.28. The minimum absolute atomic E-state index is 0.184. The molecule has 1 aliphatic carbocycles. The molecule has 0 spiro atoms. The van der Waals surface area contributed by atoms with Crippen molar-refractivity contribution in [2.75, 3.05) is 13.7 Å². The van der Waals surface area contributed by atoms with Crippen LogP contribution in [0.15, 0.2) is 18.2 Å². The molecule has 1 aromatic rings. The van der Waals surface area contributed by atoms with Crippen LogP contribution in [0.3, 0.4) is 0 Å². The lowest BCUT2D eigenvalue weighted by molar-refractivity contribution is -0.126. The summed E-state index contributed by atoms with van der Waals surface area (Å²) in [6.07, 6.45) is 5.67. The summed E-state index contributed by atoms with van der Waals surface area (Å²) in [5.41, 5.74) is 1.03. The molecule has 0 aliphatic heterocycles. The van der Waals surface area contributed by atoms with E-state index >= 15 is 0 Å². The van der Waals surface area contributed by atoms with E-state index < -0.39 is 0 Å². The van der Waals surface area contributed by atoms with E-state index in [1.807, 2.05) is 25.1 Å². The Morgan fingerprint density at radius 2 is 2.00 bits per heavy atom. The van der Waals surface area contributed by atoms with Crippen molar-refractivity contribution in [3.63, 3.8) is 0 Å². The predicted molar refractivity (Wildman–Crippen MR) is 82.6 cm³/mol. The van der Waals surface area contributed by atoms with E-state index in [-0.39, 0.29) is 11.8 Å². The zero-order valence-corrected chi connectivity index (χ0v) is 13.0. The lowest BCUT2D eigenvalue weighted by Gasteiger charge is -2.20. The van der Waals surface area contributed by atoms with Crippen molar-refractivity contribution >= 4 is 5.91 Å². The second-order valence-electron chi connectivity index (χ2n) is 5.47. The van der Waals surface area contributed by atoms with E-state index in [1.165, 1.54) is 19.3 Å². The maximum atomic E-state index is 12.1. The first kappa shape index (κ1) is 15.7. The molecule has 1 aromatic carbocycles. The average Bonchev–Trinajstić information content (AvgIpc) is 2.54. The molecular weight excluding hydrogens is 266 g/mol. The third kappa shape index (κ3) is 4.38. The van der Waals surface area contributed by atoms with Crippen molar-refractivity contribution in [3.8, 4) is 11.5 Å². The number of rotatable bonds is 6. The molecule has 1 fully saturated rings. The SMILES string of the molecule is CCOc1cc(CNC(=O)C2CCCCC2)ccc1OC. The molecule has 0 heterocycles. The molecule has 0 radical (unpaired) electrons. The lowest BCUT2D eigenvalue weighted by atomic mass is 9.88. The summed E-state index contributed by atoms with van der Waals surface area (Å²) in [6, 6.07) is 5.78. The number of carbonyl (C=O) groups excluding carboxylic acids is 1. The fourth-order valence-electron chi connectivity index (χ4n) is 2.80. The molecule has 1 aliphatic rings. The molecular formula is C17H25NO3. The molecule has 1 saturated carbocycles. The predicted octanol–water partition coefficient (Wildman–Crippen LogP) is 3.29. The first-order valence-electron chi connectivity index (χ1n) is 7.82. The van der Waals surface area contributed by atoms with Crippen LogP contribution >= 0.6 is 0 Å². The van der Waals surface area contributed by atoms with Crippen LogP contribution in [-0.2, 0) is 11.3 Å². The van der Waals surface area contributed by atoms with Crippen LogP contribution in [0.25, 0.3) is 0 Å².